The van der Waals surface area contributed by atoms with Crippen LogP contribution in [0.5, 0.6) is 0 Å². The fraction of sp³-hybridized carbons (Fsp3) is 1.00. The van der Waals surface area contributed by atoms with Crippen LogP contribution in [0.2, 0.25) is 0 Å². The Kier molecular flexibility index (Phi) is 6.98. The first-order valence-electron chi connectivity index (χ1n) is 6.43. The van der Waals surface area contributed by atoms with E-state index >= 15 is 0 Å². The molecule has 90 valence electrons. The van der Waals surface area contributed by atoms with Crippen molar-refractivity contribution in [2.24, 2.45) is 5.92 Å². The van der Waals surface area contributed by atoms with Crippen LogP contribution in [0.4, 0.5) is 0 Å². The van der Waals surface area contributed by atoms with Gasteiger partial charge in [0.1, 0.15) is 0 Å². The molecule has 1 saturated heterocycles. The van der Waals surface area contributed by atoms with Crippen LogP contribution in [-0.2, 0) is 0 Å². The van der Waals surface area contributed by atoms with Gasteiger partial charge in [-0.15, -0.1) is 0 Å². The van der Waals surface area contributed by atoms with E-state index in [0.29, 0.717) is 0 Å². The van der Waals surface area contributed by atoms with Crippen molar-refractivity contribution >= 4 is 0 Å². The fourth-order valence-electron chi connectivity index (χ4n) is 2.29. The Morgan fingerprint density at radius 1 is 1.20 bits per heavy atom. The average Bonchev–Trinajstić information content (AvgIpc) is 2.23. The van der Waals surface area contributed by atoms with Gasteiger partial charge in [-0.05, 0) is 51.9 Å². The lowest BCUT2D eigenvalue weighted by Crippen LogP contribution is -2.34. The minimum atomic E-state index is 0.926. The first kappa shape index (κ1) is 12.9. The largest absolute Gasteiger partial charge is 0.316 e. The topological polar surface area (TPSA) is 27.3 Å². The molecular formula is C12H27N3. The Bertz CT molecular complexity index is 150. The van der Waals surface area contributed by atoms with Crippen LogP contribution in [0.1, 0.15) is 26.2 Å². The SMILES string of the molecule is CCNCCNCCC1CCCN(C)C1. The summed E-state index contributed by atoms with van der Waals surface area (Å²) in [4.78, 5) is 2.47. The lowest BCUT2D eigenvalue weighted by atomic mass is 9.95. The predicted octanol–water partition coefficient (Wildman–Crippen LogP) is 0.917. The molecule has 0 radical (unpaired) electrons. The molecule has 2 N–H and O–H groups in total. The monoisotopic (exact) mass is 213 g/mol. The van der Waals surface area contributed by atoms with E-state index in [-0.39, 0.29) is 0 Å². The highest BCUT2D eigenvalue weighted by Gasteiger charge is 2.15. The second-order valence-corrected chi connectivity index (χ2v) is 4.66. The van der Waals surface area contributed by atoms with Crippen LogP contribution in [0.15, 0.2) is 0 Å². The maximum atomic E-state index is 3.50. The summed E-state index contributed by atoms with van der Waals surface area (Å²) in [5, 5.41) is 6.82. The first-order valence-corrected chi connectivity index (χ1v) is 6.43. The van der Waals surface area contributed by atoms with Crippen molar-refractivity contribution in [3.8, 4) is 0 Å². The molecule has 0 bridgehead atoms. The van der Waals surface area contributed by atoms with Crippen molar-refractivity contribution in [3.05, 3.63) is 0 Å². The minimum absolute atomic E-state index is 0.926. The fourth-order valence-corrected chi connectivity index (χ4v) is 2.29. The summed E-state index contributed by atoms with van der Waals surface area (Å²) in [7, 11) is 2.24. The number of hydrogen-bond donors (Lipinski definition) is 2. The van der Waals surface area contributed by atoms with Gasteiger partial charge in [-0.1, -0.05) is 6.92 Å². The van der Waals surface area contributed by atoms with Gasteiger partial charge in [0.05, 0.1) is 0 Å². The summed E-state index contributed by atoms with van der Waals surface area (Å²) >= 11 is 0. The van der Waals surface area contributed by atoms with Gasteiger partial charge in [0.25, 0.3) is 0 Å². The molecule has 1 rings (SSSR count). The van der Waals surface area contributed by atoms with E-state index in [1.54, 1.807) is 0 Å². The number of piperidine rings is 1. The standard InChI is InChI=1S/C12H27N3/c1-3-13-8-9-14-7-6-12-5-4-10-15(2)11-12/h12-14H,3-11H2,1-2H3. The molecule has 1 aliphatic heterocycles. The Balaban J connectivity index is 1.90. The van der Waals surface area contributed by atoms with E-state index in [0.717, 1.165) is 25.6 Å². The number of rotatable bonds is 7. The Labute approximate surface area is 94.6 Å². The average molecular weight is 213 g/mol. The summed E-state index contributed by atoms with van der Waals surface area (Å²) in [6.07, 6.45) is 4.16. The number of likely N-dealkylation sites (N-methyl/N-ethyl adjacent to an activating group) is 1. The molecule has 0 aromatic heterocycles. The zero-order chi connectivity index (χ0) is 10.9. The second kappa shape index (κ2) is 8.08. The molecule has 1 unspecified atom stereocenters. The highest BCUT2D eigenvalue weighted by molar-refractivity contribution is 4.71. The molecule has 0 aliphatic carbocycles. The smallest absolute Gasteiger partial charge is 0.00767 e. The quantitative estimate of drug-likeness (QED) is 0.616. The molecular weight excluding hydrogens is 186 g/mol. The summed E-state index contributed by atoms with van der Waals surface area (Å²) < 4.78 is 0. The number of nitrogens with one attached hydrogen (secondary N) is 2. The van der Waals surface area contributed by atoms with E-state index in [1.807, 2.05) is 0 Å². The van der Waals surface area contributed by atoms with Crippen molar-refractivity contribution in [1.29, 1.82) is 0 Å². The first-order chi connectivity index (χ1) is 7.33. The highest BCUT2D eigenvalue weighted by Crippen LogP contribution is 2.17. The van der Waals surface area contributed by atoms with Crippen molar-refractivity contribution in [2.45, 2.75) is 26.2 Å². The molecule has 1 atom stereocenters. The molecule has 0 aromatic rings. The number of nitrogens with zero attached hydrogens (tertiary/aromatic N) is 1. The van der Waals surface area contributed by atoms with E-state index < -0.39 is 0 Å². The molecule has 0 spiro atoms. The van der Waals surface area contributed by atoms with Gasteiger partial charge < -0.3 is 15.5 Å². The number of likely N-dealkylation sites (tertiary alicyclic amines) is 1. The molecule has 0 amide bonds. The van der Waals surface area contributed by atoms with Gasteiger partial charge in [-0.3, -0.25) is 0 Å². The maximum Gasteiger partial charge on any atom is 0.00767 e. The van der Waals surface area contributed by atoms with Crippen molar-refractivity contribution < 1.29 is 0 Å². The molecule has 3 nitrogen and oxygen atoms in total. The molecule has 3 heteroatoms. The zero-order valence-corrected chi connectivity index (χ0v) is 10.4. The number of hydrogen-bond acceptors (Lipinski definition) is 3. The van der Waals surface area contributed by atoms with Gasteiger partial charge in [0.15, 0.2) is 0 Å². The van der Waals surface area contributed by atoms with Crippen molar-refractivity contribution in [3.63, 3.8) is 0 Å². The van der Waals surface area contributed by atoms with E-state index in [9.17, 15) is 0 Å². The Morgan fingerprint density at radius 2 is 2.00 bits per heavy atom. The Hall–Kier alpha value is -0.120. The van der Waals surface area contributed by atoms with E-state index in [2.05, 4.69) is 29.5 Å². The second-order valence-electron chi connectivity index (χ2n) is 4.66. The summed E-state index contributed by atoms with van der Waals surface area (Å²) in [5.74, 6) is 0.926. The van der Waals surface area contributed by atoms with Crippen LogP contribution in [0.3, 0.4) is 0 Å². The predicted molar refractivity (Wildman–Crippen MR) is 66.3 cm³/mol. The van der Waals surface area contributed by atoms with Gasteiger partial charge in [0.2, 0.25) is 0 Å². The molecule has 1 aliphatic rings. The third-order valence-corrected chi connectivity index (χ3v) is 3.18. The van der Waals surface area contributed by atoms with Crippen LogP contribution in [0.25, 0.3) is 0 Å². The highest BCUT2D eigenvalue weighted by atomic mass is 15.1. The van der Waals surface area contributed by atoms with E-state index in [1.165, 1.54) is 38.9 Å². The summed E-state index contributed by atoms with van der Waals surface area (Å²) in [5.41, 5.74) is 0. The molecule has 1 heterocycles. The van der Waals surface area contributed by atoms with Gasteiger partial charge in [-0.25, -0.2) is 0 Å². The third-order valence-electron chi connectivity index (χ3n) is 3.18. The zero-order valence-electron chi connectivity index (χ0n) is 10.4. The molecule has 0 saturated carbocycles. The van der Waals surface area contributed by atoms with Crippen LogP contribution < -0.4 is 10.6 Å². The van der Waals surface area contributed by atoms with Crippen LogP contribution in [-0.4, -0.2) is 51.2 Å². The molecule has 15 heavy (non-hydrogen) atoms. The molecule has 0 aromatic carbocycles. The third kappa shape index (κ3) is 6.13. The van der Waals surface area contributed by atoms with Gasteiger partial charge in [0, 0.05) is 19.6 Å². The summed E-state index contributed by atoms with van der Waals surface area (Å²) in [6, 6.07) is 0. The van der Waals surface area contributed by atoms with Crippen molar-refractivity contribution in [1.82, 2.24) is 15.5 Å². The summed E-state index contributed by atoms with van der Waals surface area (Å²) in [6.45, 7) is 9.22. The van der Waals surface area contributed by atoms with Gasteiger partial charge >= 0.3 is 0 Å². The van der Waals surface area contributed by atoms with Gasteiger partial charge in [-0.2, -0.15) is 0 Å². The van der Waals surface area contributed by atoms with Crippen LogP contribution >= 0.6 is 0 Å². The lowest BCUT2D eigenvalue weighted by Gasteiger charge is -2.29. The Morgan fingerprint density at radius 3 is 2.73 bits per heavy atom. The van der Waals surface area contributed by atoms with Crippen LogP contribution in [0, 0.1) is 5.92 Å². The van der Waals surface area contributed by atoms with E-state index in [4.69, 9.17) is 0 Å². The normalized spacial score (nSPS) is 23.2. The van der Waals surface area contributed by atoms with Crippen molar-refractivity contribution in [2.75, 3.05) is 46.3 Å². The maximum absolute atomic E-state index is 3.50. The minimum Gasteiger partial charge on any atom is -0.316 e. The molecule has 1 fully saturated rings. The lowest BCUT2D eigenvalue weighted by molar-refractivity contribution is 0.201.